The third kappa shape index (κ3) is 20.0. The molecule has 3 aliphatic heterocycles. The summed E-state index contributed by atoms with van der Waals surface area (Å²) in [5.74, 6) is -7.30. The van der Waals surface area contributed by atoms with Gasteiger partial charge in [-0.15, -0.1) is 0 Å². The number of methoxy groups -OCH3 is 2. The number of nitrogens with zero attached hydrogens (tertiary/aromatic N) is 4. The second-order valence-corrected chi connectivity index (χ2v) is 25.8. The van der Waals surface area contributed by atoms with Gasteiger partial charge in [0.15, 0.2) is 24.4 Å². The fraction of sp³-hybridized carbons (Fsp3) is 0.697. The monoisotopic (exact) mass is 1200 g/mol. The molecule has 0 saturated carbocycles. The van der Waals surface area contributed by atoms with Crippen molar-refractivity contribution < 1.29 is 66.8 Å². The number of carbonyl (C=O) groups is 8. The van der Waals surface area contributed by atoms with Gasteiger partial charge in [-0.05, 0) is 137 Å². The van der Waals surface area contributed by atoms with Gasteiger partial charge in [-0.25, -0.2) is 19.2 Å². The molecule has 20 heteroatoms. The summed E-state index contributed by atoms with van der Waals surface area (Å²) in [4.78, 5) is 123. The minimum absolute atomic E-state index is 0.0507. The number of nitrogens with one attached hydrogen (secondary N) is 2. The molecule has 2 aromatic rings. The Hall–Kier alpha value is -5.96. The molecule has 3 heterocycles. The maximum absolute atomic E-state index is 15.1. The van der Waals surface area contributed by atoms with Crippen LogP contribution in [-0.4, -0.2) is 195 Å². The third-order valence-corrected chi connectivity index (χ3v) is 16.9. The van der Waals surface area contributed by atoms with Crippen molar-refractivity contribution in [2.24, 2.45) is 23.7 Å². The van der Waals surface area contributed by atoms with Gasteiger partial charge in [-0.1, -0.05) is 104 Å². The van der Waals surface area contributed by atoms with Gasteiger partial charge >= 0.3 is 23.9 Å². The summed E-state index contributed by atoms with van der Waals surface area (Å²) in [5, 5.41) is 7.11. The first-order chi connectivity index (χ1) is 40.6. The predicted molar refractivity (Wildman–Crippen MR) is 326 cm³/mol. The lowest BCUT2D eigenvalue weighted by molar-refractivity contribution is -0.176. The van der Waals surface area contributed by atoms with E-state index in [4.69, 9.17) is 28.4 Å². The van der Waals surface area contributed by atoms with Crippen LogP contribution in [0.15, 0.2) is 48.5 Å². The standard InChI is InChI=1S/C66H102N6O14/c1-39(2)31-51-63(77)83-43(9)59(73)69(11)54(34-42(7)8)66(80)86-58(38-48-27-23-46(24-28-48)36-50-56(82-16)20-18-30-68-50)62(76)72(14)52(32-40(3)4)64(78)84-44(10)60(74)70(12)53(33-41(5)6)65(79)85-57(61(75)71(51)13)37-47-25-21-45(22-26-47)35-49-55(81-15)19-17-29-67-49/h21-28,39-44,49-58,67-68H,17-20,29-38H2,1-16H3/t43-,44-,49?,50?,51+,52+,53+,54+,55?,56?,57-,58-/m1/s1. The van der Waals surface area contributed by atoms with E-state index in [1.807, 2.05) is 104 Å². The van der Waals surface area contributed by atoms with Crippen LogP contribution < -0.4 is 10.6 Å². The minimum Gasteiger partial charge on any atom is -0.451 e. The summed E-state index contributed by atoms with van der Waals surface area (Å²) >= 11 is 0. The molecular formula is C66H102N6O14. The van der Waals surface area contributed by atoms with E-state index in [0.29, 0.717) is 24.0 Å². The molecule has 86 heavy (non-hydrogen) atoms. The van der Waals surface area contributed by atoms with Crippen molar-refractivity contribution in [3.63, 3.8) is 0 Å². The molecular weight excluding hydrogens is 1100 g/mol. The molecule has 3 aliphatic rings. The fourth-order valence-corrected chi connectivity index (χ4v) is 11.9. The quantitative estimate of drug-likeness (QED) is 0.124. The van der Waals surface area contributed by atoms with Crippen molar-refractivity contribution in [1.82, 2.24) is 30.2 Å². The lowest BCUT2D eigenvalue weighted by atomic mass is 9.94. The lowest BCUT2D eigenvalue weighted by Crippen LogP contribution is -2.55. The number of benzene rings is 2. The highest BCUT2D eigenvalue weighted by Gasteiger charge is 2.43. The summed E-state index contributed by atoms with van der Waals surface area (Å²) in [7, 11) is 9.06. The second kappa shape index (κ2) is 33.4. The molecule has 5 rings (SSSR count). The van der Waals surface area contributed by atoms with E-state index in [-0.39, 0.29) is 86.5 Å². The van der Waals surface area contributed by atoms with Crippen LogP contribution in [0.1, 0.15) is 143 Å². The molecule has 3 fully saturated rings. The van der Waals surface area contributed by atoms with Crippen molar-refractivity contribution >= 4 is 47.5 Å². The zero-order valence-corrected chi connectivity index (χ0v) is 54.3. The Kier molecular flexibility index (Phi) is 27.5. The van der Waals surface area contributed by atoms with Crippen LogP contribution >= 0.6 is 0 Å². The highest BCUT2D eigenvalue weighted by atomic mass is 16.6. The maximum Gasteiger partial charge on any atom is 0.329 e. The summed E-state index contributed by atoms with van der Waals surface area (Å²) in [5.41, 5.74) is 3.35. The van der Waals surface area contributed by atoms with Gasteiger partial charge in [-0.3, -0.25) is 19.2 Å². The van der Waals surface area contributed by atoms with E-state index < -0.39 is 96.1 Å². The van der Waals surface area contributed by atoms with E-state index in [9.17, 15) is 28.8 Å². The SMILES string of the molecule is COC1CCCNC1Cc1ccc(C[C@H]2OC(=O)[C@H](CC(C)C)N(C)C(=O)[C@@H](C)OC(=O)[C@H](CC(C)C)N(C)C(=O)[C@@H](Cc3ccc(CC4NCCCC4OC)cc3)OC(=O)[C@H](CC(C)C)N(C)C(=O)[C@@H](C)OC(=O)[C@H](CC(C)C)N(C)C2=O)cc1. The molecule has 20 nitrogen and oxygen atoms in total. The molecule has 12 atom stereocenters. The molecule has 0 bridgehead atoms. The van der Waals surface area contributed by atoms with E-state index in [0.717, 1.165) is 59.7 Å². The van der Waals surface area contributed by atoms with Crippen LogP contribution in [0.2, 0.25) is 0 Å². The normalized spacial score (nSPS) is 28.0. The van der Waals surface area contributed by atoms with Crippen LogP contribution in [0.4, 0.5) is 0 Å². The molecule has 4 amide bonds. The Morgan fingerprint density at radius 2 is 0.674 bits per heavy atom. The summed E-state index contributed by atoms with van der Waals surface area (Å²) < 4.78 is 36.0. The molecule has 0 aliphatic carbocycles. The number of carbonyl (C=O) groups excluding carboxylic acids is 8. The van der Waals surface area contributed by atoms with Crippen LogP contribution in [0.25, 0.3) is 0 Å². The minimum atomic E-state index is -1.52. The zero-order chi connectivity index (χ0) is 63.7. The molecule has 0 spiro atoms. The number of hydrogen-bond donors (Lipinski definition) is 2. The maximum atomic E-state index is 15.1. The van der Waals surface area contributed by atoms with E-state index in [1.165, 1.54) is 51.8 Å². The summed E-state index contributed by atoms with van der Waals surface area (Å²) in [6.45, 7) is 19.4. The number of likely N-dealkylation sites (N-methyl/N-ethyl adjacent to an activating group) is 4. The van der Waals surface area contributed by atoms with Gasteiger partial charge in [0.05, 0.1) is 12.2 Å². The topological polar surface area (TPSA) is 229 Å². The van der Waals surface area contributed by atoms with E-state index >= 15 is 9.59 Å². The van der Waals surface area contributed by atoms with Crippen molar-refractivity contribution in [1.29, 1.82) is 0 Å². The van der Waals surface area contributed by atoms with Gasteiger partial charge in [0.2, 0.25) is 0 Å². The molecule has 480 valence electrons. The number of rotatable bonds is 18. The van der Waals surface area contributed by atoms with Crippen molar-refractivity contribution in [2.45, 2.75) is 219 Å². The number of hydrogen-bond acceptors (Lipinski definition) is 16. The largest absolute Gasteiger partial charge is 0.451 e. The van der Waals surface area contributed by atoms with Crippen molar-refractivity contribution in [2.75, 3.05) is 55.5 Å². The average Bonchev–Trinajstić information content (AvgIpc) is 3.47. The number of ether oxygens (including phenoxy) is 6. The second-order valence-electron chi connectivity index (χ2n) is 25.8. The number of cyclic esters (lactones) is 4. The van der Waals surface area contributed by atoms with E-state index in [1.54, 1.807) is 14.2 Å². The third-order valence-electron chi connectivity index (χ3n) is 16.9. The Balaban J connectivity index is 1.57. The predicted octanol–water partition coefficient (Wildman–Crippen LogP) is 6.28. The fourth-order valence-electron chi connectivity index (χ4n) is 11.9. The van der Waals surface area contributed by atoms with Crippen LogP contribution in [0, 0.1) is 23.7 Å². The number of piperidine rings is 2. The Morgan fingerprint density at radius 1 is 0.419 bits per heavy atom. The average molecular weight is 1200 g/mol. The van der Waals surface area contributed by atoms with Gasteiger partial charge in [0.25, 0.3) is 23.6 Å². The lowest BCUT2D eigenvalue weighted by Gasteiger charge is -2.35. The van der Waals surface area contributed by atoms with E-state index in [2.05, 4.69) is 10.6 Å². The molecule has 2 N–H and O–H groups in total. The summed E-state index contributed by atoms with van der Waals surface area (Å²) in [6.07, 6.45) is -0.459. The molecule has 0 aromatic heterocycles. The van der Waals surface area contributed by atoms with Gasteiger partial charge in [0.1, 0.15) is 24.2 Å². The number of esters is 4. The molecule has 2 aromatic carbocycles. The first-order valence-electron chi connectivity index (χ1n) is 31.2. The van der Waals surface area contributed by atoms with Gasteiger partial charge in [0, 0.05) is 67.3 Å². The first-order valence-corrected chi connectivity index (χ1v) is 31.2. The summed E-state index contributed by atoms with van der Waals surface area (Å²) in [6, 6.07) is 10.4. The molecule has 4 unspecified atom stereocenters. The first kappa shape index (κ1) is 70.8. The van der Waals surface area contributed by atoms with Crippen molar-refractivity contribution in [3.8, 4) is 0 Å². The smallest absolute Gasteiger partial charge is 0.329 e. The molecule has 3 saturated heterocycles. The van der Waals surface area contributed by atoms with Gasteiger partial charge in [-0.2, -0.15) is 0 Å². The highest BCUT2D eigenvalue weighted by Crippen LogP contribution is 2.26. The zero-order valence-electron chi connectivity index (χ0n) is 54.3. The van der Waals surface area contributed by atoms with Crippen molar-refractivity contribution in [3.05, 3.63) is 70.8 Å². The van der Waals surface area contributed by atoms with Crippen LogP contribution in [0.5, 0.6) is 0 Å². The Bertz CT molecular complexity index is 2370. The van der Waals surface area contributed by atoms with Crippen LogP contribution in [0.3, 0.4) is 0 Å². The molecule has 0 radical (unpaired) electrons. The van der Waals surface area contributed by atoms with Crippen LogP contribution in [-0.2, 0) is 92.5 Å². The number of amides is 4. The Morgan fingerprint density at radius 3 is 0.942 bits per heavy atom. The van der Waals surface area contributed by atoms with Gasteiger partial charge < -0.3 is 58.7 Å². The Labute approximate surface area is 511 Å². The highest BCUT2D eigenvalue weighted by molar-refractivity contribution is 5.94.